The highest BCUT2D eigenvalue weighted by Gasteiger charge is 2.21. The SMILES string of the molecule is O=S(=O)(CCC1CCC1)Nc1cc(Cl)ccc1O. The minimum atomic E-state index is -3.41. The van der Waals surface area contributed by atoms with Crippen molar-refractivity contribution >= 4 is 27.3 Å². The molecule has 1 aromatic carbocycles. The molecule has 100 valence electrons. The van der Waals surface area contributed by atoms with Crippen LogP contribution < -0.4 is 4.72 Å². The van der Waals surface area contributed by atoms with E-state index in [-0.39, 0.29) is 17.2 Å². The first kappa shape index (κ1) is 13.5. The molecule has 2 N–H and O–H groups in total. The molecule has 0 spiro atoms. The minimum absolute atomic E-state index is 0.0869. The third-order valence-corrected chi connectivity index (χ3v) is 4.78. The normalized spacial score (nSPS) is 16.3. The number of anilines is 1. The Morgan fingerprint density at radius 3 is 2.72 bits per heavy atom. The smallest absolute Gasteiger partial charge is 0.232 e. The maximum absolute atomic E-state index is 11.8. The van der Waals surface area contributed by atoms with E-state index in [1.54, 1.807) is 0 Å². The predicted octanol–water partition coefficient (Wildman–Crippen LogP) is 2.98. The first-order valence-electron chi connectivity index (χ1n) is 5.95. The molecule has 0 unspecified atom stereocenters. The number of hydrogen-bond acceptors (Lipinski definition) is 3. The Hall–Kier alpha value is -0.940. The lowest BCUT2D eigenvalue weighted by Crippen LogP contribution is -2.21. The number of benzene rings is 1. The Morgan fingerprint density at radius 1 is 1.39 bits per heavy atom. The van der Waals surface area contributed by atoms with Crippen LogP contribution in [0.4, 0.5) is 5.69 Å². The summed E-state index contributed by atoms with van der Waals surface area (Å²) in [7, 11) is -3.41. The van der Waals surface area contributed by atoms with Crippen LogP contribution in [-0.4, -0.2) is 19.3 Å². The zero-order valence-electron chi connectivity index (χ0n) is 9.89. The molecule has 1 aromatic rings. The van der Waals surface area contributed by atoms with Crippen LogP contribution in [0.2, 0.25) is 5.02 Å². The maximum Gasteiger partial charge on any atom is 0.232 e. The van der Waals surface area contributed by atoms with Gasteiger partial charge in [0.25, 0.3) is 0 Å². The first-order valence-corrected chi connectivity index (χ1v) is 7.98. The van der Waals surface area contributed by atoms with E-state index >= 15 is 0 Å². The molecule has 0 heterocycles. The Kier molecular flexibility index (Phi) is 4.02. The number of sulfonamides is 1. The van der Waals surface area contributed by atoms with Crippen LogP contribution >= 0.6 is 11.6 Å². The molecule has 0 aliphatic heterocycles. The number of rotatable bonds is 5. The number of halogens is 1. The summed E-state index contributed by atoms with van der Waals surface area (Å²) in [5, 5.41) is 9.93. The average Bonchev–Trinajstić information content (AvgIpc) is 2.20. The molecule has 4 nitrogen and oxygen atoms in total. The fourth-order valence-corrected chi connectivity index (χ4v) is 3.33. The predicted molar refractivity (Wildman–Crippen MR) is 72.5 cm³/mol. The van der Waals surface area contributed by atoms with Gasteiger partial charge in [0.15, 0.2) is 0 Å². The molecule has 0 amide bonds. The highest BCUT2D eigenvalue weighted by atomic mass is 35.5. The number of phenols is 1. The van der Waals surface area contributed by atoms with Crippen molar-refractivity contribution in [1.82, 2.24) is 0 Å². The van der Waals surface area contributed by atoms with Gasteiger partial charge in [-0.05, 0) is 30.5 Å². The highest BCUT2D eigenvalue weighted by Crippen LogP contribution is 2.31. The van der Waals surface area contributed by atoms with E-state index in [4.69, 9.17) is 11.6 Å². The molecule has 0 bridgehead atoms. The molecular weight excluding hydrogens is 274 g/mol. The van der Waals surface area contributed by atoms with Crippen LogP contribution in [-0.2, 0) is 10.0 Å². The van der Waals surface area contributed by atoms with Gasteiger partial charge in [-0.25, -0.2) is 8.42 Å². The molecular formula is C12H16ClNO3S. The maximum atomic E-state index is 11.8. The van der Waals surface area contributed by atoms with E-state index in [1.165, 1.54) is 24.6 Å². The fraction of sp³-hybridized carbons (Fsp3) is 0.500. The average molecular weight is 290 g/mol. The van der Waals surface area contributed by atoms with E-state index in [2.05, 4.69) is 4.72 Å². The summed E-state index contributed by atoms with van der Waals surface area (Å²) in [4.78, 5) is 0. The van der Waals surface area contributed by atoms with Gasteiger partial charge in [0.1, 0.15) is 5.75 Å². The van der Waals surface area contributed by atoms with Crippen LogP contribution in [0.3, 0.4) is 0 Å². The second kappa shape index (κ2) is 5.36. The Labute approximate surface area is 112 Å². The Bertz CT molecular complexity index is 526. The van der Waals surface area contributed by atoms with Crippen LogP contribution in [0.1, 0.15) is 25.7 Å². The lowest BCUT2D eigenvalue weighted by Gasteiger charge is -2.25. The van der Waals surface area contributed by atoms with Crippen LogP contribution in [0.15, 0.2) is 18.2 Å². The molecule has 0 atom stereocenters. The van der Waals surface area contributed by atoms with Crippen molar-refractivity contribution in [3.05, 3.63) is 23.2 Å². The molecule has 18 heavy (non-hydrogen) atoms. The van der Waals surface area contributed by atoms with Crippen molar-refractivity contribution in [3.63, 3.8) is 0 Å². The monoisotopic (exact) mass is 289 g/mol. The summed E-state index contributed by atoms with van der Waals surface area (Å²) in [6.45, 7) is 0. The first-order chi connectivity index (χ1) is 8.46. The second-order valence-electron chi connectivity index (χ2n) is 4.67. The third kappa shape index (κ3) is 3.53. The van der Waals surface area contributed by atoms with E-state index in [0.29, 0.717) is 17.4 Å². The molecule has 0 radical (unpaired) electrons. The van der Waals surface area contributed by atoms with Crippen LogP contribution in [0.5, 0.6) is 5.75 Å². The number of phenolic OH excluding ortho intramolecular Hbond substituents is 1. The summed E-state index contributed by atoms with van der Waals surface area (Å²) < 4.78 is 26.1. The van der Waals surface area contributed by atoms with Gasteiger partial charge in [-0.1, -0.05) is 30.9 Å². The summed E-state index contributed by atoms with van der Waals surface area (Å²) in [5.41, 5.74) is 0.135. The molecule has 1 aliphatic carbocycles. The van der Waals surface area contributed by atoms with E-state index in [1.807, 2.05) is 0 Å². The number of aromatic hydroxyl groups is 1. The Balaban J connectivity index is 1.99. The largest absolute Gasteiger partial charge is 0.506 e. The molecule has 6 heteroatoms. The molecule has 0 aromatic heterocycles. The molecule has 1 saturated carbocycles. The second-order valence-corrected chi connectivity index (χ2v) is 6.95. The molecule has 1 aliphatic rings. The van der Waals surface area contributed by atoms with E-state index < -0.39 is 10.0 Å². The lowest BCUT2D eigenvalue weighted by atomic mass is 9.84. The summed E-state index contributed by atoms with van der Waals surface area (Å²) in [5.74, 6) is 0.505. The van der Waals surface area contributed by atoms with Gasteiger partial charge in [0, 0.05) is 5.02 Å². The van der Waals surface area contributed by atoms with Crippen molar-refractivity contribution in [3.8, 4) is 5.75 Å². The topological polar surface area (TPSA) is 66.4 Å². The van der Waals surface area contributed by atoms with Gasteiger partial charge in [0.05, 0.1) is 11.4 Å². The number of nitrogens with one attached hydrogen (secondary N) is 1. The van der Waals surface area contributed by atoms with Gasteiger partial charge in [-0.3, -0.25) is 4.72 Å². The van der Waals surface area contributed by atoms with Gasteiger partial charge in [-0.2, -0.15) is 0 Å². The van der Waals surface area contributed by atoms with Crippen molar-refractivity contribution in [2.75, 3.05) is 10.5 Å². The third-order valence-electron chi connectivity index (χ3n) is 3.24. The zero-order chi connectivity index (χ0) is 13.2. The summed E-state index contributed by atoms with van der Waals surface area (Å²) in [6, 6.07) is 4.27. The summed E-state index contributed by atoms with van der Waals surface area (Å²) in [6.07, 6.45) is 4.12. The van der Waals surface area contributed by atoms with E-state index in [0.717, 1.165) is 12.8 Å². The Morgan fingerprint density at radius 2 is 2.11 bits per heavy atom. The molecule has 2 rings (SSSR count). The van der Waals surface area contributed by atoms with Crippen molar-refractivity contribution in [2.45, 2.75) is 25.7 Å². The minimum Gasteiger partial charge on any atom is -0.506 e. The van der Waals surface area contributed by atoms with Crippen LogP contribution in [0, 0.1) is 5.92 Å². The van der Waals surface area contributed by atoms with Crippen molar-refractivity contribution in [2.24, 2.45) is 5.92 Å². The van der Waals surface area contributed by atoms with Gasteiger partial charge in [0.2, 0.25) is 10.0 Å². The standard InChI is InChI=1S/C12H16ClNO3S/c13-10-4-5-12(15)11(8-10)14-18(16,17)7-6-9-2-1-3-9/h4-5,8-9,14-15H,1-3,6-7H2. The zero-order valence-corrected chi connectivity index (χ0v) is 11.5. The van der Waals surface area contributed by atoms with Crippen LogP contribution in [0.25, 0.3) is 0 Å². The summed E-state index contributed by atoms with van der Waals surface area (Å²) >= 11 is 5.76. The number of hydrogen-bond donors (Lipinski definition) is 2. The van der Waals surface area contributed by atoms with Gasteiger partial charge < -0.3 is 5.11 Å². The van der Waals surface area contributed by atoms with Crippen molar-refractivity contribution in [1.29, 1.82) is 0 Å². The van der Waals surface area contributed by atoms with Gasteiger partial charge in [-0.15, -0.1) is 0 Å². The quantitative estimate of drug-likeness (QED) is 0.819. The lowest BCUT2D eigenvalue weighted by molar-refractivity contribution is 0.307. The molecule has 0 saturated heterocycles. The fourth-order valence-electron chi connectivity index (χ4n) is 1.91. The van der Waals surface area contributed by atoms with E-state index in [9.17, 15) is 13.5 Å². The van der Waals surface area contributed by atoms with Crippen molar-refractivity contribution < 1.29 is 13.5 Å². The molecule has 1 fully saturated rings. The highest BCUT2D eigenvalue weighted by molar-refractivity contribution is 7.92. The van der Waals surface area contributed by atoms with Gasteiger partial charge >= 0.3 is 0 Å².